The maximum absolute atomic E-state index is 13.2. The standard InChI is InChI=1S/C8H7BrFNO2/c1-13-5-3-2-4(8(11)12)6(9)7(5)10/h2-3H,1H3,(H2,11,12). The molecule has 1 amide bonds. The van der Waals surface area contributed by atoms with Crippen molar-refractivity contribution in [2.45, 2.75) is 0 Å². The van der Waals surface area contributed by atoms with Crippen molar-refractivity contribution in [2.75, 3.05) is 7.11 Å². The van der Waals surface area contributed by atoms with E-state index in [1.54, 1.807) is 0 Å². The summed E-state index contributed by atoms with van der Waals surface area (Å²) in [7, 11) is 1.34. The van der Waals surface area contributed by atoms with Crippen molar-refractivity contribution < 1.29 is 13.9 Å². The summed E-state index contributed by atoms with van der Waals surface area (Å²) in [6.45, 7) is 0. The zero-order valence-electron chi connectivity index (χ0n) is 6.80. The second kappa shape index (κ2) is 3.74. The van der Waals surface area contributed by atoms with E-state index in [2.05, 4.69) is 15.9 Å². The number of hydrogen-bond acceptors (Lipinski definition) is 2. The summed E-state index contributed by atoms with van der Waals surface area (Å²) in [5.74, 6) is -1.25. The molecule has 0 heterocycles. The maximum atomic E-state index is 13.2. The number of amides is 1. The second-order valence-corrected chi connectivity index (χ2v) is 3.10. The molecular formula is C8H7BrFNO2. The Hall–Kier alpha value is -1.10. The zero-order chi connectivity index (χ0) is 10.0. The van der Waals surface area contributed by atoms with Crippen molar-refractivity contribution in [1.82, 2.24) is 0 Å². The van der Waals surface area contributed by atoms with Gasteiger partial charge in [-0.15, -0.1) is 0 Å². The molecule has 0 aliphatic rings. The molecule has 0 fully saturated rings. The van der Waals surface area contributed by atoms with Gasteiger partial charge in [-0.25, -0.2) is 4.39 Å². The van der Waals surface area contributed by atoms with Crippen LogP contribution in [0.25, 0.3) is 0 Å². The molecule has 0 radical (unpaired) electrons. The third kappa shape index (κ3) is 1.80. The predicted molar refractivity (Wildman–Crippen MR) is 49.2 cm³/mol. The molecule has 1 rings (SSSR count). The van der Waals surface area contributed by atoms with Crippen LogP contribution >= 0.6 is 15.9 Å². The molecule has 0 aliphatic carbocycles. The lowest BCUT2D eigenvalue weighted by Crippen LogP contribution is -2.12. The van der Waals surface area contributed by atoms with E-state index < -0.39 is 11.7 Å². The Labute approximate surface area is 82.8 Å². The average molecular weight is 248 g/mol. The highest BCUT2D eigenvalue weighted by atomic mass is 79.9. The Morgan fingerprint density at radius 2 is 2.23 bits per heavy atom. The normalized spacial score (nSPS) is 9.77. The number of nitrogens with two attached hydrogens (primary N) is 1. The predicted octanol–water partition coefficient (Wildman–Crippen LogP) is 1.70. The molecule has 0 bridgehead atoms. The van der Waals surface area contributed by atoms with Gasteiger partial charge >= 0.3 is 0 Å². The quantitative estimate of drug-likeness (QED) is 0.865. The first-order valence-corrected chi connectivity index (χ1v) is 4.19. The highest BCUT2D eigenvalue weighted by Gasteiger charge is 2.14. The first kappa shape index (κ1) is 9.98. The Bertz CT molecular complexity index is 354. The van der Waals surface area contributed by atoms with Crippen molar-refractivity contribution in [3.05, 3.63) is 28.0 Å². The Morgan fingerprint density at radius 1 is 1.62 bits per heavy atom. The molecule has 0 unspecified atom stereocenters. The lowest BCUT2D eigenvalue weighted by Gasteiger charge is -2.05. The summed E-state index contributed by atoms with van der Waals surface area (Å²) in [5.41, 5.74) is 5.09. The summed E-state index contributed by atoms with van der Waals surface area (Å²) in [4.78, 5) is 10.8. The molecule has 3 nitrogen and oxygen atoms in total. The molecular weight excluding hydrogens is 241 g/mol. The zero-order valence-corrected chi connectivity index (χ0v) is 8.39. The number of carbonyl (C=O) groups is 1. The van der Waals surface area contributed by atoms with Crippen molar-refractivity contribution in [1.29, 1.82) is 0 Å². The van der Waals surface area contributed by atoms with E-state index in [-0.39, 0.29) is 15.8 Å². The Morgan fingerprint density at radius 3 is 2.69 bits per heavy atom. The van der Waals surface area contributed by atoms with Crippen molar-refractivity contribution >= 4 is 21.8 Å². The van der Waals surface area contributed by atoms with Crippen LogP contribution < -0.4 is 10.5 Å². The fraction of sp³-hybridized carbons (Fsp3) is 0.125. The van der Waals surface area contributed by atoms with E-state index in [1.165, 1.54) is 19.2 Å². The molecule has 0 saturated heterocycles. The van der Waals surface area contributed by atoms with Gasteiger partial charge in [-0.05, 0) is 28.1 Å². The van der Waals surface area contributed by atoms with Crippen LogP contribution in [0.4, 0.5) is 4.39 Å². The van der Waals surface area contributed by atoms with Crippen LogP contribution in [-0.4, -0.2) is 13.0 Å². The number of halogens is 2. The molecule has 0 spiro atoms. The van der Waals surface area contributed by atoms with E-state index >= 15 is 0 Å². The van der Waals surface area contributed by atoms with E-state index in [9.17, 15) is 9.18 Å². The highest BCUT2D eigenvalue weighted by Crippen LogP contribution is 2.27. The van der Waals surface area contributed by atoms with Gasteiger partial charge in [0.1, 0.15) is 0 Å². The van der Waals surface area contributed by atoms with Crippen LogP contribution in [0, 0.1) is 5.82 Å². The van der Waals surface area contributed by atoms with Crippen LogP contribution in [-0.2, 0) is 0 Å². The lowest BCUT2D eigenvalue weighted by atomic mass is 10.2. The molecule has 5 heteroatoms. The third-order valence-corrected chi connectivity index (χ3v) is 2.31. The SMILES string of the molecule is COc1ccc(C(N)=O)c(Br)c1F. The van der Waals surface area contributed by atoms with Gasteiger partial charge in [0.2, 0.25) is 5.91 Å². The number of primary amides is 1. The fourth-order valence-corrected chi connectivity index (χ4v) is 1.40. The minimum Gasteiger partial charge on any atom is -0.494 e. The largest absolute Gasteiger partial charge is 0.494 e. The lowest BCUT2D eigenvalue weighted by molar-refractivity contribution is 0.0999. The van der Waals surface area contributed by atoms with Gasteiger partial charge in [-0.1, -0.05) is 0 Å². The Kier molecular flexibility index (Phi) is 2.87. The first-order chi connectivity index (χ1) is 6.07. The number of rotatable bonds is 2. The van der Waals surface area contributed by atoms with Gasteiger partial charge in [0.25, 0.3) is 0 Å². The van der Waals surface area contributed by atoms with E-state index in [0.717, 1.165) is 0 Å². The van der Waals surface area contributed by atoms with Gasteiger partial charge in [0.15, 0.2) is 11.6 Å². The van der Waals surface area contributed by atoms with Gasteiger partial charge in [0.05, 0.1) is 17.1 Å². The smallest absolute Gasteiger partial charge is 0.249 e. The first-order valence-electron chi connectivity index (χ1n) is 3.39. The number of benzene rings is 1. The van der Waals surface area contributed by atoms with Crippen molar-refractivity contribution in [2.24, 2.45) is 5.73 Å². The molecule has 0 aromatic heterocycles. The van der Waals surface area contributed by atoms with E-state index in [4.69, 9.17) is 10.5 Å². The minimum absolute atomic E-state index is 0.0272. The van der Waals surface area contributed by atoms with Crippen LogP contribution in [0.3, 0.4) is 0 Å². The summed E-state index contributed by atoms with van der Waals surface area (Å²) in [6.07, 6.45) is 0. The summed E-state index contributed by atoms with van der Waals surface area (Å²) < 4.78 is 18.0. The van der Waals surface area contributed by atoms with Crippen molar-refractivity contribution in [3.8, 4) is 5.75 Å². The molecule has 70 valence electrons. The topological polar surface area (TPSA) is 52.3 Å². The summed E-state index contributed by atoms with van der Waals surface area (Å²) >= 11 is 2.92. The third-order valence-electron chi connectivity index (χ3n) is 1.53. The van der Waals surface area contributed by atoms with Crippen LogP contribution in [0.2, 0.25) is 0 Å². The molecule has 13 heavy (non-hydrogen) atoms. The molecule has 0 saturated carbocycles. The number of methoxy groups -OCH3 is 1. The van der Waals surface area contributed by atoms with E-state index in [1.807, 2.05) is 0 Å². The number of hydrogen-bond donors (Lipinski definition) is 1. The molecule has 0 atom stereocenters. The number of carbonyl (C=O) groups excluding carboxylic acids is 1. The van der Waals surface area contributed by atoms with Gasteiger partial charge < -0.3 is 10.5 Å². The van der Waals surface area contributed by atoms with Gasteiger partial charge in [0, 0.05) is 0 Å². The molecule has 1 aromatic rings. The highest BCUT2D eigenvalue weighted by molar-refractivity contribution is 9.10. The monoisotopic (exact) mass is 247 g/mol. The summed E-state index contributed by atoms with van der Waals surface area (Å²) in [5, 5.41) is 0. The van der Waals surface area contributed by atoms with E-state index in [0.29, 0.717) is 0 Å². The number of ether oxygens (including phenoxy) is 1. The minimum atomic E-state index is -0.687. The van der Waals surface area contributed by atoms with Crippen LogP contribution in [0.1, 0.15) is 10.4 Å². The van der Waals surface area contributed by atoms with Crippen LogP contribution in [0.15, 0.2) is 16.6 Å². The molecule has 1 aromatic carbocycles. The second-order valence-electron chi connectivity index (χ2n) is 2.31. The van der Waals surface area contributed by atoms with Crippen LogP contribution in [0.5, 0.6) is 5.75 Å². The van der Waals surface area contributed by atoms with Crippen molar-refractivity contribution in [3.63, 3.8) is 0 Å². The summed E-state index contributed by atoms with van der Waals surface area (Å²) in [6, 6.07) is 2.74. The molecule has 2 N–H and O–H groups in total. The Balaban J connectivity index is 3.31. The maximum Gasteiger partial charge on any atom is 0.249 e. The average Bonchev–Trinajstić information content (AvgIpc) is 2.09. The fourth-order valence-electron chi connectivity index (χ4n) is 0.880. The molecule has 0 aliphatic heterocycles. The van der Waals surface area contributed by atoms with Gasteiger partial charge in [-0.2, -0.15) is 0 Å². The van der Waals surface area contributed by atoms with Gasteiger partial charge in [-0.3, -0.25) is 4.79 Å².